The van der Waals surface area contributed by atoms with Gasteiger partial charge in [-0.05, 0) is 24.3 Å². The summed E-state index contributed by atoms with van der Waals surface area (Å²) in [5.41, 5.74) is 1.03. The monoisotopic (exact) mass is 343 g/mol. The zero-order chi connectivity index (χ0) is 18.0. The maximum absolute atomic E-state index is 11.9. The van der Waals surface area contributed by atoms with Gasteiger partial charge in [-0.3, -0.25) is 4.79 Å². The Morgan fingerprint density at radius 1 is 1.28 bits per heavy atom. The number of amides is 1. The van der Waals surface area contributed by atoms with Crippen LogP contribution in [-0.4, -0.2) is 32.7 Å². The molecular weight excluding hydrogens is 322 g/mol. The minimum absolute atomic E-state index is 0.114. The molecule has 1 aromatic carbocycles. The number of nitrogens with one attached hydrogen (secondary N) is 1. The zero-order valence-electron chi connectivity index (χ0n) is 14.3. The highest BCUT2D eigenvalue weighted by molar-refractivity contribution is 5.89. The summed E-state index contributed by atoms with van der Waals surface area (Å²) in [6.07, 6.45) is 1.35. The Hall–Kier alpha value is -2.70. The first kappa shape index (κ1) is 17.1. The van der Waals surface area contributed by atoms with Crippen LogP contribution in [0.1, 0.15) is 50.5 Å². The lowest BCUT2D eigenvalue weighted by molar-refractivity contribution is -0.143. The fourth-order valence-electron chi connectivity index (χ4n) is 2.56. The Morgan fingerprint density at radius 2 is 1.96 bits per heavy atom. The van der Waals surface area contributed by atoms with Crippen LogP contribution in [0.4, 0.5) is 0 Å². The minimum atomic E-state index is -1.06. The number of aliphatic carboxylic acids is 1. The molecule has 0 radical (unpaired) electrons. The minimum Gasteiger partial charge on any atom is -0.480 e. The number of carbonyl (C=O) groups excluding carboxylic acids is 1. The number of hydrogen-bond donors (Lipinski definition) is 2. The lowest BCUT2D eigenvalue weighted by Gasteiger charge is -2.11. The lowest BCUT2D eigenvalue weighted by Crippen LogP contribution is -2.43. The van der Waals surface area contributed by atoms with E-state index in [0.29, 0.717) is 30.5 Å². The van der Waals surface area contributed by atoms with Crippen molar-refractivity contribution < 1.29 is 19.2 Å². The van der Waals surface area contributed by atoms with E-state index in [9.17, 15) is 9.59 Å². The standard InChI is InChI=1S/C18H21N3O4/c1-11(2)12-3-5-13(6-4-12)16-19-15(25-21-16)8-7-14(22)20-18(9-10-18)17(23)24/h3-6,11H,7-10H2,1-2H3,(H,20,22)(H,23,24). The van der Waals surface area contributed by atoms with Gasteiger partial charge in [0, 0.05) is 18.4 Å². The fourth-order valence-corrected chi connectivity index (χ4v) is 2.56. The lowest BCUT2D eigenvalue weighted by atomic mass is 10.0. The Balaban J connectivity index is 1.56. The van der Waals surface area contributed by atoms with Crippen molar-refractivity contribution in [3.63, 3.8) is 0 Å². The van der Waals surface area contributed by atoms with Gasteiger partial charge in [-0.25, -0.2) is 4.79 Å². The molecule has 1 fully saturated rings. The van der Waals surface area contributed by atoms with Crippen LogP contribution in [0.15, 0.2) is 28.8 Å². The average Bonchev–Trinajstić information content (AvgIpc) is 3.21. The van der Waals surface area contributed by atoms with Crippen molar-refractivity contribution in [2.45, 2.75) is 51.0 Å². The van der Waals surface area contributed by atoms with Crippen LogP contribution >= 0.6 is 0 Å². The molecule has 0 atom stereocenters. The molecule has 1 amide bonds. The van der Waals surface area contributed by atoms with Crippen molar-refractivity contribution in [3.8, 4) is 11.4 Å². The topological polar surface area (TPSA) is 105 Å². The Kier molecular flexibility index (Phi) is 4.57. The number of rotatable bonds is 7. The molecule has 1 aromatic heterocycles. The van der Waals surface area contributed by atoms with Crippen molar-refractivity contribution in [1.29, 1.82) is 0 Å². The maximum Gasteiger partial charge on any atom is 0.329 e. The molecule has 1 aliphatic carbocycles. The molecule has 3 rings (SSSR count). The molecule has 7 nitrogen and oxygen atoms in total. The summed E-state index contributed by atoms with van der Waals surface area (Å²) in [5, 5.41) is 15.6. The Labute approximate surface area is 145 Å². The highest BCUT2D eigenvalue weighted by Gasteiger charge is 2.51. The summed E-state index contributed by atoms with van der Waals surface area (Å²) in [6.45, 7) is 4.26. The van der Waals surface area contributed by atoms with E-state index in [0.717, 1.165) is 5.56 Å². The molecule has 1 heterocycles. The van der Waals surface area contributed by atoms with Crippen LogP contribution in [0.3, 0.4) is 0 Å². The van der Waals surface area contributed by atoms with Gasteiger partial charge >= 0.3 is 5.97 Å². The van der Waals surface area contributed by atoms with Gasteiger partial charge in [-0.1, -0.05) is 43.3 Å². The van der Waals surface area contributed by atoms with Crippen LogP contribution in [0.25, 0.3) is 11.4 Å². The van der Waals surface area contributed by atoms with Gasteiger partial charge in [0.05, 0.1) is 0 Å². The SMILES string of the molecule is CC(C)c1ccc(-c2noc(CCC(=O)NC3(C(=O)O)CC3)n2)cc1. The smallest absolute Gasteiger partial charge is 0.329 e. The summed E-state index contributed by atoms with van der Waals surface area (Å²) in [5.74, 6) is -0.00571. The van der Waals surface area contributed by atoms with Crippen LogP contribution in [0.5, 0.6) is 0 Å². The molecule has 0 saturated heterocycles. The molecule has 132 valence electrons. The number of benzene rings is 1. The normalized spacial score (nSPS) is 15.2. The molecule has 0 unspecified atom stereocenters. The molecule has 0 aliphatic heterocycles. The fraction of sp³-hybridized carbons (Fsp3) is 0.444. The predicted octanol–water partition coefficient (Wildman–Crippen LogP) is 2.53. The van der Waals surface area contributed by atoms with Crippen molar-refractivity contribution >= 4 is 11.9 Å². The molecule has 1 saturated carbocycles. The second-order valence-electron chi connectivity index (χ2n) is 6.72. The first-order valence-corrected chi connectivity index (χ1v) is 8.37. The number of carbonyl (C=O) groups is 2. The number of hydrogen-bond acceptors (Lipinski definition) is 5. The van der Waals surface area contributed by atoms with Gasteiger partial charge in [0.2, 0.25) is 17.6 Å². The number of nitrogens with zero attached hydrogens (tertiary/aromatic N) is 2. The third-order valence-corrected chi connectivity index (χ3v) is 4.41. The van der Waals surface area contributed by atoms with Crippen molar-refractivity contribution in [1.82, 2.24) is 15.5 Å². The molecule has 0 spiro atoms. The van der Waals surface area contributed by atoms with E-state index in [1.165, 1.54) is 5.56 Å². The Morgan fingerprint density at radius 3 is 2.52 bits per heavy atom. The summed E-state index contributed by atoms with van der Waals surface area (Å²) >= 11 is 0. The average molecular weight is 343 g/mol. The first-order valence-electron chi connectivity index (χ1n) is 8.37. The van der Waals surface area contributed by atoms with Gasteiger partial charge in [0.25, 0.3) is 0 Å². The Bertz CT molecular complexity index is 776. The van der Waals surface area contributed by atoms with E-state index in [1.807, 2.05) is 24.3 Å². The largest absolute Gasteiger partial charge is 0.480 e. The van der Waals surface area contributed by atoms with E-state index < -0.39 is 11.5 Å². The molecule has 0 bridgehead atoms. The van der Waals surface area contributed by atoms with Crippen LogP contribution < -0.4 is 5.32 Å². The van der Waals surface area contributed by atoms with Crippen molar-refractivity contribution in [2.24, 2.45) is 0 Å². The third-order valence-electron chi connectivity index (χ3n) is 4.41. The first-order chi connectivity index (χ1) is 11.9. The van der Waals surface area contributed by atoms with Crippen LogP contribution in [0.2, 0.25) is 0 Å². The molecule has 1 aliphatic rings. The number of aromatic nitrogens is 2. The maximum atomic E-state index is 11.9. The molecular formula is C18H21N3O4. The number of carboxylic acids is 1. The van der Waals surface area contributed by atoms with Crippen LogP contribution in [0, 0.1) is 0 Å². The second-order valence-corrected chi connectivity index (χ2v) is 6.72. The van der Waals surface area contributed by atoms with E-state index in [-0.39, 0.29) is 18.7 Å². The summed E-state index contributed by atoms with van der Waals surface area (Å²) < 4.78 is 5.18. The summed E-state index contributed by atoms with van der Waals surface area (Å²) in [6, 6.07) is 7.95. The quantitative estimate of drug-likeness (QED) is 0.800. The highest BCUT2D eigenvalue weighted by Crippen LogP contribution is 2.35. The molecule has 7 heteroatoms. The highest BCUT2D eigenvalue weighted by atomic mass is 16.5. The van der Waals surface area contributed by atoms with Gasteiger partial charge in [0.15, 0.2) is 0 Å². The third kappa shape index (κ3) is 3.87. The van der Waals surface area contributed by atoms with Crippen LogP contribution in [-0.2, 0) is 16.0 Å². The van der Waals surface area contributed by atoms with E-state index in [1.54, 1.807) is 0 Å². The summed E-state index contributed by atoms with van der Waals surface area (Å²) in [7, 11) is 0. The molecule has 2 N–H and O–H groups in total. The molecule has 25 heavy (non-hydrogen) atoms. The predicted molar refractivity (Wildman–Crippen MR) is 89.9 cm³/mol. The number of carboxylic acid groups (broad SMARTS) is 1. The second kappa shape index (κ2) is 6.66. The van der Waals surface area contributed by atoms with Gasteiger partial charge in [0.1, 0.15) is 5.54 Å². The molecule has 2 aromatic rings. The van der Waals surface area contributed by atoms with E-state index in [4.69, 9.17) is 9.63 Å². The van der Waals surface area contributed by atoms with Crippen molar-refractivity contribution in [3.05, 3.63) is 35.7 Å². The van der Waals surface area contributed by atoms with E-state index in [2.05, 4.69) is 29.3 Å². The van der Waals surface area contributed by atoms with E-state index >= 15 is 0 Å². The van der Waals surface area contributed by atoms with Gasteiger partial charge in [-0.15, -0.1) is 0 Å². The van der Waals surface area contributed by atoms with Gasteiger partial charge in [-0.2, -0.15) is 4.98 Å². The summed E-state index contributed by atoms with van der Waals surface area (Å²) in [4.78, 5) is 27.3. The number of aryl methyl sites for hydroxylation is 1. The van der Waals surface area contributed by atoms with Crippen molar-refractivity contribution in [2.75, 3.05) is 0 Å². The zero-order valence-corrected chi connectivity index (χ0v) is 14.3. The van der Waals surface area contributed by atoms with Gasteiger partial charge < -0.3 is 14.9 Å².